The van der Waals surface area contributed by atoms with Crippen LogP contribution in [0, 0.1) is 18.7 Å². The summed E-state index contributed by atoms with van der Waals surface area (Å²) in [6.45, 7) is 7.35. The summed E-state index contributed by atoms with van der Waals surface area (Å²) in [7, 11) is 1.61. The standard InChI is InChI=1S/C24H38N4O4.C7H7F/c1-4-18(2)23-24(31)28(3)17-22(30)27-16-21(29)25-13-9-8-11-19-10-6-5-7-12-20(19)32-15-14-26-23;1-6-2-4-7(8)5-3-6/h5-7,10,18,23,26H,4,8-9,11-17H2,1-3H3,(H,25,29)(H,27,30);2-5H,1H3. The maximum Gasteiger partial charge on any atom is 0.240 e. The van der Waals surface area contributed by atoms with Crippen molar-refractivity contribution in [3.8, 4) is 0 Å². The first-order valence-electron chi connectivity index (χ1n) is 14.1. The van der Waals surface area contributed by atoms with Crippen LogP contribution < -0.4 is 16.0 Å². The number of allylic oxidation sites excluding steroid dienone is 5. The van der Waals surface area contributed by atoms with Gasteiger partial charge in [-0.3, -0.25) is 14.4 Å². The summed E-state index contributed by atoms with van der Waals surface area (Å²) >= 11 is 0. The Morgan fingerprint density at radius 2 is 1.80 bits per heavy atom. The van der Waals surface area contributed by atoms with E-state index < -0.39 is 6.04 Å². The van der Waals surface area contributed by atoms with Crippen molar-refractivity contribution in [3.05, 3.63) is 71.3 Å². The maximum absolute atomic E-state index is 13.0. The molecule has 1 heterocycles. The van der Waals surface area contributed by atoms with Gasteiger partial charge < -0.3 is 25.6 Å². The third-order valence-electron chi connectivity index (χ3n) is 6.84. The van der Waals surface area contributed by atoms with Gasteiger partial charge in [-0.1, -0.05) is 62.3 Å². The summed E-state index contributed by atoms with van der Waals surface area (Å²) in [6, 6.07) is 5.99. The van der Waals surface area contributed by atoms with Gasteiger partial charge in [0.1, 0.15) is 18.2 Å². The van der Waals surface area contributed by atoms with Crippen LogP contribution >= 0.6 is 0 Å². The molecule has 1 aromatic rings. The van der Waals surface area contributed by atoms with Crippen LogP contribution in [-0.2, 0) is 19.1 Å². The molecule has 1 aliphatic heterocycles. The Hall–Kier alpha value is -3.46. The lowest BCUT2D eigenvalue weighted by Gasteiger charge is -2.28. The molecular weight excluding hydrogens is 511 g/mol. The van der Waals surface area contributed by atoms with E-state index in [1.54, 1.807) is 19.2 Å². The number of benzene rings is 1. The highest BCUT2D eigenvalue weighted by Gasteiger charge is 2.27. The molecule has 2 atom stereocenters. The fourth-order valence-electron chi connectivity index (χ4n) is 4.21. The molecule has 0 spiro atoms. The van der Waals surface area contributed by atoms with Crippen LogP contribution in [0.5, 0.6) is 0 Å². The summed E-state index contributed by atoms with van der Waals surface area (Å²) in [5.74, 6) is 0.162. The second-order valence-electron chi connectivity index (χ2n) is 10.2. The van der Waals surface area contributed by atoms with Gasteiger partial charge >= 0.3 is 0 Å². The molecule has 0 aromatic heterocycles. The van der Waals surface area contributed by atoms with Crippen molar-refractivity contribution in [3.63, 3.8) is 0 Å². The number of amides is 3. The second kappa shape index (κ2) is 18.0. The minimum Gasteiger partial charge on any atom is -0.496 e. The SMILES string of the molecule is CCC(C)C1NCCOC2=C(C=CC=CC2)CCCCNC(=O)CNC(=O)CN(C)C1=O.Cc1ccc(F)cc1. The van der Waals surface area contributed by atoms with Crippen molar-refractivity contribution in [2.24, 2.45) is 5.92 Å². The van der Waals surface area contributed by atoms with Gasteiger partial charge in [0.25, 0.3) is 0 Å². The number of hydrogen-bond acceptors (Lipinski definition) is 5. The zero-order valence-corrected chi connectivity index (χ0v) is 24.3. The van der Waals surface area contributed by atoms with E-state index in [2.05, 4.69) is 28.1 Å². The Bertz CT molecular complexity index is 1030. The second-order valence-corrected chi connectivity index (χ2v) is 10.2. The average Bonchev–Trinajstić information content (AvgIpc) is 3.17. The number of aryl methyl sites for hydroxylation is 1. The van der Waals surface area contributed by atoms with Crippen molar-refractivity contribution in [1.29, 1.82) is 0 Å². The number of rotatable bonds is 2. The Labute approximate surface area is 238 Å². The number of ether oxygens (including phenoxy) is 1. The smallest absolute Gasteiger partial charge is 0.240 e. The number of nitrogens with one attached hydrogen (secondary N) is 3. The van der Waals surface area contributed by atoms with Crippen molar-refractivity contribution in [2.75, 3.05) is 39.8 Å². The largest absolute Gasteiger partial charge is 0.496 e. The van der Waals surface area contributed by atoms with Gasteiger partial charge in [-0.15, -0.1) is 0 Å². The van der Waals surface area contributed by atoms with Crippen LogP contribution in [0.2, 0.25) is 0 Å². The molecule has 8 nitrogen and oxygen atoms in total. The van der Waals surface area contributed by atoms with Crippen LogP contribution in [0.4, 0.5) is 4.39 Å². The van der Waals surface area contributed by atoms with E-state index in [4.69, 9.17) is 4.74 Å². The van der Waals surface area contributed by atoms with E-state index in [1.807, 2.05) is 32.9 Å². The first kappa shape index (κ1) is 32.8. The van der Waals surface area contributed by atoms with Gasteiger partial charge in [0.05, 0.1) is 19.1 Å². The summed E-state index contributed by atoms with van der Waals surface area (Å²) in [5, 5.41) is 8.75. The highest BCUT2D eigenvalue weighted by atomic mass is 19.1. The lowest BCUT2D eigenvalue weighted by molar-refractivity contribution is -0.137. The molecule has 1 aromatic carbocycles. The van der Waals surface area contributed by atoms with Crippen molar-refractivity contribution >= 4 is 17.7 Å². The molecule has 1 aliphatic carbocycles. The number of carbonyl (C=O) groups excluding carboxylic acids is 3. The summed E-state index contributed by atoms with van der Waals surface area (Å²) in [6.07, 6.45) is 12.4. The van der Waals surface area contributed by atoms with Gasteiger partial charge in [-0.05, 0) is 49.8 Å². The predicted octanol–water partition coefficient (Wildman–Crippen LogP) is 3.79. The van der Waals surface area contributed by atoms with Gasteiger partial charge in [0.15, 0.2) is 0 Å². The van der Waals surface area contributed by atoms with E-state index in [0.717, 1.165) is 43.4 Å². The topological polar surface area (TPSA) is 99.8 Å². The summed E-state index contributed by atoms with van der Waals surface area (Å²) < 4.78 is 18.2. The van der Waals surface area contributed by atoms with Gasteiger partial charge in [-0.2, -0.15) is 0 Å². The summed E-state index contributed by atoms with van der Waals surface area (Å²) in [4.78, 5) is 38.6. The number of nitrogens with zero attached hydrogens (tertiary/aromatic N) is 1. The molecule has 9 heteroatoms. The molecule has 220 valence electrons. The van der Waals surface area contributed by atoms with Crippen molar-refractivity contribution < 1.29 is 23.5 Å². The minimum atomic E-state index is -0.408. The van der Waals surface area contributed by atoms with E-state index in [1.165, 1.54) is 22.6 Å². The van der Waals surface area contributed by atoms with E-state index in [0.29, 0.717) is 19.7 Å². The lowest BCUT2D eigenvalue weighted by atomic mass is 9.98. The van der Waals surface area contributed by atoms with Crippen LogP contribution in [0.25, 0.3) is 0 Å². The normalized spacial score (nSPS) is 20.8. The van der Waals surface area contributed by atoms with Crippen LogP contribution in [0.15, 0.2) is 59.9 Å². The molecule has 2 unspecified atom stereocenters. The zero-order chi connectivity index (χ0) is 29.3. The molecule has 2 aliphatic rings. The highest BCUT2D eigenvalue weighted by molar-refractivity contribution is 5.89. The molecule has 0 saturated heterocycles. The van der Waals surface area contributed by atoms with Crippen molar-refractivity contribution in [1.82, 2.24) is 20.9 Å². The van der Waals surface area contributed by atoms with E-state index in [-0.39, 0.29) is 42.5 Å². The fourth-order valence-corrected chi connectivity index (χ4v) is 4.21. The molecule has 3 amide bonds. The zero-order valence-electron chi connectivity index (χ0n) is 24.3. The molecule has 40 heavy (non-hydrogen) atoms. The fraction of sp³-hybridized carbons (Fsp3) is 0.516. The predicted molar refractivity (Wildman–Crippen MR) is 156 cm³/mol. The molecule has 0 bridgehead atoms. The van der Waals surface area contributed by atoms with E-state index in [9.17, 15) is 18.8 Å². The molecular formula is C31H45FN4O4. The van der Waals surface area contributed by atoms with Crippen LogP contribution in [-0.4, -0.2) is 68.5 Å². The average molecular weight is 557 g/mol. The number of likely N-dealkylation sites (N-methyl/N-ethyl adjacent to an activating group) is 1. The first-order chi connectivity index (χ1) is 19.2. The van der Waals surface area contributed by atoms with Crippen molar-refractivity contribution in [2.45, 2.75) is 58.9 Å². The molecule has 3 rings (SSSR count). The van der Waals surface area contributed by atoms with Crippen LogP contribution in [0.3, 0.4) is 0 Å². The summed E-state index contributed by atoms with van der Waals surface area (Å²) in [5.41, 5.74) is 2.26. The Kier molecular flexibility index (Phi) is 14.7. The maximum atomic E-state index is 13.0. The minimum absolute atomic E-state index is 0.0911. The number of halogens is 1. The lowest BCUT2D eigenvalue weighted by Crippen LogP contribution is -2.51. The van der Waals surface area contributed by atoms with Crippen LogP contribution in [0.1, 0.15) is 51.5 Å². The molecule has 0 fully saturated rings. The Balaban J connectivity index is 0.000000598. The Morgan fingerprint density at radius 3 is 2.50 bits per heavy atom. The molecule has 0 saturated carbocycles. The van der Waals surface area contributed by atoms with E-state index >= 15 is 0 Å². The Morgan fingerprint density at radius 1 is 1.05 bits per heavy atom. The molecule has 0 radical (unpaired) electrons. The third-order valence-corrected chi connectivity index (χ3v) is 6.84. The quantitative estimate of drug-likeness (QED) is 0.515. The third kappa shape index (κ3) is 12.2. The van der Waals surface area contributed by atoms with Gasteiger partial charge in [-0.25, -0.2) is 4.39 Å². The van der Waals surface area contributed by atoms with Gasteiger partial charge in [0.2, 0.25) is 17.7 Å². The molecule has 3 N–H and O–H groups in total. The monoisotopic (exact) mass is 556 g/mol. The van der Waals surface area contributed by atoms with Gasteiger partial charge in [0, 0.05) is 26.6 Å². The number of carbonyl (C=O) groups is 3. The first-order valence-corrected chi connectivity index (χ1v) is 14.1. The number of hydrogen-bond donors (Lipinski definition) is 3. The highest BCUT2D eigenvalue weighted by Crippen LogP contribution is 2.21.